The van der Waals surface area contributed by atoms with Crippen molar-refractivity contribution >= 4 is 22.8 Å². The molecule has 3 atom stereocenters. The highest BCUT2D eigenvalue weighted by Gasteiger charge is 2.36. The Hall–Kier alpha value is -5.65. The zero-order valence-corrected chi connectivity index (χ0v) is 30.3. The molecule has 6 aromatic rings. The largest absolute Gasteiger partial charge is 0.392 e. The number of likely N-dealkylation sites (tertiary alicyclic amines) is 1. The average Bonchev–Trinajstić information content (AvgIpc) is 3.69. The van der Waals surface area contributed by atoms with Gasteiger partial charge in [-0.1, -0.05) is 97.1 Å². The predicted octanol–water partition coefficient (Wildman–Crippen LogP) is 7.17. The second-order valence-electron chi connectivity index (χ2n) is 14.7. The molecule has 1 aromatic heterocycles. The number of hydrogen-bond donors (Lipinski definition) is 2. The van der Waals surface area contributed by atoms with Gasteiger partial charge in [-0.2, -0.15) is 0 Å². The second-order valence-corrected chi connectivity index (χ2v) is 14.7. The van der Waals surface area contributed by atoms with Crippen molar-refractivity contribution in [2.24, 2.45) is 0 Å². The number of imide groups is 1. The van der Waals surface area contributed by atoms with E-state index in [1.54, 1.807) is 24.3 Å². The molecule has 9 rings (SSSR count). The van der Waals surface area contributed by atoms with Crippen molar-refractivity contribution in [2.75, 3.05) is 19.6 Å². The molecule has 0 saturated carbocycles. The SMILES string of the molecule is O=C1c2ccccc2C(=O)N1Cc1ccccc1-c1ccc([C@@H]2O[C@H](CN3CCC(n4c(=O)[nH]c5ccccc54)CC3)C[C@H](c3ccc(CO)cc3)O2)cc1. The quantitative estimate of drug-likeness (QED) is 0.151. The van der Waals surface area contributed by atoms with Gasteiger partial charge in [0.2, 0.25) is 0 Å². The molecule has 2 N–H and O–H groups in total. The average molecular weight is 735 g/mol. The Labute approximate surface area is 318 Å². The summed E-state index contributed by atoms with van der Waals surface area (Å²) in [6, 6.07) is 38.9. The number of aliphatic hydroxyl groups excluding tert-OH is 1. The highest BCUT2D eigenvalue weighted by atomic mass is 16.7. The van der Waals surface area contributed by atoms with Crippen LogP contribution in [0.3, 0.4) is 0 Å². The lowest BCUT2D eigenvalue weighted by molar-refractivity contribution is -0.253. The minimum atomic E-state index is -0.605. The fraction of sp³-hybridized carbons (Fsp3) is 0.267. The fourth-order valence-electron chi connectivity index (χ4n) is 8.43. The molecule has 2 amide bonds. The maximum absolute atomic E-state index is 13.2. The van der Waals surface area contributed by atoms with Gasteiger partial charge in [0, 0.05) is 37.7 Å². The van der Waals surface area contributed by atoms with E-state index in [9.17, 15) is 19.5 Å². The molecule has 0 bridgehead atoms. The third-order valence-electron chi connectivity index (χ3n) is 11.3. The normalized spacial score (nSPS) is 20.7. The Bertz CT molecular complexity index is 2380. The molecule has 10 nitrogen and oxygen atoms in total. The summed E-state index contributed by atoms with van der Waals surface area (Å²) in [7, 11) is 0. The molecular formula is C45H42N4O6. The molecule has 2 fully saturated rings. The minimum Gasteiger partial charge on any atom is -0.392 e. The lowest BCUT2D eigenvalue weighted by atomic mass is 9.97. The Kier molecular flexibility index (Phi) is 9.49. The van der Waals surface area contributed by atoms with Crippen molar-refractivity contribution in [1.82, 2.24) is 19.4 Å². The molecule has 4 heterocycles. The van der Waals surface area contributed by atoms with Crippen LogP contribution in [0.15, 0.2) is 126 Å². The molecule has 55 heavy (non-hydrogen) atoms. The van der Waals surface area contributed by atoms with Crippen LogP contribution in [0.5, 0.6) is 0 Å². The molecule has 0 radical (unpaired) electrons. The van der Waals surface area contributed by atoms with E-state index in [2.05, 4.69) is 9.88 Å². The van der Waals surface area contributed by atoms with E-state index in [-0.39, 0.29) is 48.9 Å². The first-order valence-corrected chi connectivity index (χ1v) is 19.0. The van der Waals surface area contributed by atoms with Crippen LogP contribution in [-0.2, 0) is 22.6 Å². The molecule has 5 aromatic carbocycles. The smallest absolute Gasteiger partial charge is 0.326 e. The molecule has 278 valence electrons. The van der Waals surface area contributed by atoms with E-state index in [0.717, 1.165) is 76.9 Å². The number of nitrogens with one attached hydrogen (secondary N) is 1. The summed E-state index contributed by atoms with van der Waals surface area (Å²) in [6.07, 6.45) is 1.51. The van der Waals surface area contributed by atoms with Crippen LogP contribution in [0.1, 0.15) is 80.7 Å². The summed E-state index contributed by atoms with van der Waals surface area (Å²) in [5, 5.41) is 9.64. The van der Waals surface area contributed by atoms with Crippen molar-refractivity contribution in [3.63, 3.8) is 0 Å². The van der Waals surface area contributed by atoms with Crippen LogP contribution in [0.2, 0.25) is 0 Å². The number of amides is 2. The summed E-state index contributed by atoms with van der Waals surface area (Å²) in [6.45, 7) is 2.60. The third kappa shape index (κ3) is 6.83. The van der Waals surface area contributed by atoms with Gasteiger partial charge in [-0.3, -0.25) is 19.1 Å². The third-order valence-corrected chi connectivity index (χ3v) is 11.3. The number of para-hydroxylation sites is 2. The van der Waals surface area contributed by atoms with Crippen LogP contribution in [0.25, 0.3) is 22.2 Å². The molecule has 0 aliphatic carbocycles. The van der Waals surface area contributed by atoms with Crippen molar-refractivity contribution in [3.8, 4) is 11.1 Å². The van der Waals surface area contributed by atoms with Gasteiger partial charge >= 0.3 is 5.69 Å². The number of imidazole rings is 1. The number of aliphatic hydroxyl groups is 1. The number of carbonyl (C=O) groups is 2. The van der Waals surface area contributed by atoms with Gasteiger partial charge in [-0.05, 0) is 64.9 Å². The molecule has 3 aliphatic heterocycles. The number of piperidine rings is 1. The number of ether oxygens (including phenoxy) is 2. The van der Waals surface area contributed by atoms with Gasteiger partial charge in [0.15, 0.2) is 6.29 Å². The summed E-state index contributed by atoms with van der Waals surface area (Å²) < 4.78 is 15.3. The van der Waals surface area contributed by atoms with Crippen LogP contribution in [0.4, 0.5) is 0 Å². The Morgan fingerprint density at radius 3 is 2.04 bits per heavy atom. The maximum atomic E-state index is 13.2. The van der Waals surface area contributed by atoms with Gasteiger partial charge in [-0.15, -0.1) is 0 Å². The van der Waals surface area contributed by atoms with Gasteiger partial charge in [0.1, 0.15) is 0 Å². The Morgan fingerprint density at radius 2 is 1.33 bits per heavy atom. The first-order chi connectivity index (χ1) is 26.9. The molecule has 0 unspecified atom stereocenters. The number of fused-ring (bicyclic) bond motifs is 2. The number of hydrogen-bond acceptors (Lipinski definition) is 7. The Morgan fingerprint density at radius 1 is 0.691 bits per heavy atom. The van der Waals surface area contributed by atoms with Crippen molar-refractivity contribution < 1.29 is 24.2 Å². The van der Waals surface area contributed by atoms with Gasteiger partial charge in [-0.25, -0.2) is 4.79 Å². The molecule has 2 saturated heterocycles. The van der Waals surface area contributed by atoms with E-state index in [1.807, 2.05) is 102 Å². The zero-order chi connectivity index (χ0) is 37.5. The molecule has 3 aliphatic rings. The monoisotopic (exact) mass is 734 g/mol. The van der Waals surface area contributed by atoms with Crippen LogP contribution < -0.4 is 5.69 Å². The molecule has 0 spiro atoms. The molecular weight excluding hydrogens is 693 g/mol. The fourth-order valence-corrected chi connectivity index (χ4v) is 8.43. The maximum Gasteiger partial charge on any atom is 0.326 e. The van der Waals surface area contributed by atoms with Gasteiger partial charge in [0.25, 0.3) is 11.8 Å². The van der Waals surface area contributed by atoms with Gasteiger partial charge in [0.05, 0.1) is 47.5 Å². The zero-order valence-electron chi connectivity index (χ0n) is 30.3. The van der Waals surface area contributed by atoms with Crippen LogP contribution in [-0.4, -0.2) is 62.0 Å². The Balaban J connectivity index is 0.920. The summed E-state index contributed by atoms with van der Waals surface area (Å²) in [4.78, 5) is 46.0. The minimum absolute atomic E-state index is 0.0193. The standard InChI is InChI=1S/C45H42N4O6/c50-28-29-13-15-31(16-14-29)41-25-35(27-47-23-21-34(22-24-47)49-40-12-6-5-11-39(40)46-45(49)53)54-44(55-41)32-19-17-30(18-20-32)36-8-2-1-7-33(36)26-48-42(51)37-9-3-4-10-38(37)43(48)52/h1-20,34-35,41,44,50H,21-28H2,(H,46,53)/t35-,41+,44+/m0/s1. The van der Waals surface area contributed by atoms with Crippen LogP contribution in [0, 0.1) is 0 Å². The number of nitrogens with zero attached hydrogens (tertiary/aromatic N) is 3. The van der Waals surface area contributed by atoms with E-state index in [4.69, 9.17) is 9.47 Å². The lowest BCUT2D eigenvalue weighted by Gasteiger charge is -2.40. The number of aromatic amines is 1. The highest BCUT2D eigenvalue weighted by molar-refractivity contribution is 6.21. The first-order valence-electron chi connectivity index (χ1n) is 19.0. The van der Waals surface area contributed by atoms with Crippen molar-refractivity contribution in [2.45, 2.75) is 57.0 Å². The summed E-state index contributed by atoms with van der Waals surface area (Å²) in [5.41, 5.74) is 8.19. The second kappa shape index (κ2) is 14.9. The van der Waals surface area contributed by atoms with Crippen molar-refractivity contribution in [3.05, 3.63) is 165 Å². The van der Waals surface area contributed by atoms with Crippen LogP contribution >= 0.6 is 0 Å². The number of H-pyrrole nitrogens is 1. The summed E-state index contributed by atoms with van der Waals surface area (Å²) in [5.74, 6) is -0.553. The van der Waals surface area contributed by atoms with E-state index < -0.39 is 6.29 Å². The summed E-state index contributed by atoms with van der Waals surface area (Å²) >= 11 is 0. The first kappa shape index (κ1) is 35.1. The lowest BCUT2D eigenvalue weighted by Crippen LogP contribution is -2.43. The topological polar surface area (TPSA) is 117 Å². The van der Waals surface area contributed by atoms with Crippen molar-refractivity contribution in [1.29, 1.82) is 0 Å². The highest BCUT2D eigenvalue weighted by Crippen LogP contribution is 2.39. The van der Waals surface area contributed by atoms with E-state index in [0.29, 0.717) is 17.5 Å². The molecule has 10 heteroatoms. The van der Waals surface area contributed by atoms with E-state index in [1.165, 1.54) is 4.90 Å². The van der Waals surface area contributed by atoms with E-state index >= 15 is 0 Å². The number of carbonyl (C=O) groups excluding carboxylic acids is 2. The number of aromatic nitrogens is 2. The predicted molar refractivity (Wildman–Crippen MR) is 208 cm³/mol. The number of benzene rings is 5. The number of rotatable bonds is 9. The van der Waals surface area contributed by atoms with Gasteiger partial charge < -0.3 is 24.5 Å².